The number of hydrogen-bond donors (Lipinski definition) is 2. The van der Waals surface area contributed by atoms with Gasteiger partial charge in [0.2, 0.25) is 0 Å². The number of aliphatic imine (C=N–C) groups is 1. The summed E-state index contributed by atoms with van der Waals surface area (Å²) in [6, 6.07) is 9.36. The molecule has 0 bridgehead atoms. The van der Waals surface area contributed by atoms with Crippen molar-refractivity contribution in [2.45, 2.75) is 58.0 Å². The summed E-state index contributed by atoms with van der Waals surface area (Å²) in [6.07, 6.45) is 7.23. The molecule has 0 amide bonds. The van der Waals surface area contributed by atoms with E-state index in [1.54, 1.807) is 0 Å². The van der Waals surface area contributed by atoms with Gasteiger partial charge in [0.05, 0.1) is 12.2 Å². The van der Waals surface area contributed by atoms with Crippen molar-refractivity contribution in [1.82, 2.24) is 15.5 Å². The normalized spacial score (nSPS) is 24.8. The van der Waals surface area contributed by atoms with E-state index < -0.39 is 0 Å². The largest absolute Gasteiger partial charge is 0.373 e. The molecule has 0 aromatic heterocycles. The van der Waals surface area contributed by atoms with E-state index in [0.717, 1.165) is 45.0 Å². The highest BCUT2D eigenvalue weighted by atomic mass is 16.5. The van der Waals surface area contributed by atoms with E-state index in [-0.39, 0.29) is 0 Å². The maximum absolute atomic E-state index is 5.81. The summed E-state index contributed by atoms with van der Waals surface area (Å²) in [6.45, 7) is 8.09. The third-order valence-electron chi connectivity index (χ3n) is 4.96. The van der Waals surface area contributed by atoms with Gasteiger partial charge < -0.3 is 15.4 Å². The molecule has 0 saturated carbocycles. The van der Waals surface area contributed by atoms with Crippen LogP contribution in [0.25, 0.3) is 0 Å². The summed E-state index contributed by atoms with van der Waals surface area (Å²) in [5, 5.41) is 6.88. The smallest absolute Gasteiger partial charge is 0.191 e. The van der Waals surface area contributed by atoms with Gasteiger partial charge in [0.25, 0.3) is 0 Å². The molecule has 2 N–H and O–H groups in total. The van der Waals surface area contributed by atoms with Crippen LogP contribution >= 0.6 is 0 Å². The van der Waals surface area contributed by atoms with Crippen molar-refractivity contribution in [3.05, 3.63) is 47.5 Å². The zero-order valence-corrected chi connectivity index (χ0v) is 16.2. The number of hydrogen-bond acceptors (Lipinski definition) is 3. The first-order valence-electron chi connectivity index (χ1n) is 9.70. The van der Waals surface area contributed by atoms with Crippen LogP contribution in [0.1, 0.15) is 37.8 Å². The van der Waals surface area contributed by atoms with Gasteiger partial charge in [-0.2, -0.15) is 0 Å². The first-order valence-corrected chi connectivity index (χ1v) is 9.70. The minimum atomic E-state index is 0.316. The lowest BCUT2D eigenvalue weighted by atomic mass is 10.1. The van der Waals surface area contributed by atoms with E-state index in [2.05, 4.69) is 70.8 Å². The number of nitrogens with zero attached hydrogens (tertiary/aromatic N) is 2. The van der Waals surface area contributed by atoms with E-state index in [1.165, 1.54) is 11.1 Å². The summed E-state index contributed by atoms with van der Waals surface area (Å²) in [5.41, 5.74) is 2.62. The van der Waals surface area contributed by atoms with Crippen molar-refractivity contribution in [2.75, 3.05) is 20.1 Å². The van der Waals surface area contributed by atoms with E-state index in [1.807, 2.05) is 7.05 Å². The number of morpholine rings is 1. The first kappa shape index (κ1) is 18.9. The monoisotopic (exact) mass is 356 g/mol. The fourth-order valence-corrected chi connectivity index (χ4v) is 3.74. The second kappa shape index (κ2) is 9.19. The Morgan fingerprint density at radius 1 is 1.08 bits per heavy atom. The maximum Gasteiger partial charge on any atom is 0.191 e. The van der Waals surface area contributed by atoms with Crippen LogP contribution in [0, 0.1) is 0 Å². The zero-order valence-electron chi connectivity index (χ0n) is 16.2. The highest BCUT2D eigenvalue weighted by molar-refractivity contribution is 5.80. The molecular formula is C21H32N4O. The standard InChI is InChI=1S/C21H32N4O/c1-16-13-25(14-17(2)26-16)15-19-10-8-18(9-11-19)12-23-21(22-3)24-20-6-4-5-7-20/h4-5,8-11,16-17,20H,6-7,12-15H2,1-3H3,(H2,22,23,24). The Hall–Kier alpha value is -1.85. The van der Waals surface area contributed by atoms with Crippen molar-refractivity contribution in [1.29, 1.82) is 0 Å². The van der Waals surface area contributed by atoms with Crippen molar-refractivity contribution in [3.63, 3.8) is 0 Å². The number of nitrogens with one attached hydrogen (secondary N) is 2. The van der Waals surface area contributed by atoms with Crippen LogP contribution in [-0.2, 0) is 17.8 Å². The second-order valence-corrected chi connectivity index (χ2v) is 7.48. The van der Waals surface area contributed by atoms with Gasteiger partial charge in [0.1, 0.15) is 0 Å². The molecule has 2 aliphatic rings. The van der Waals surface area contributed by atoms with Crippen LogP contribution in [0.2, 0.25) is 0 Å². The Morgan fingerprint density at radius 3 is 2.31 bits per heavy atom. The molecule has 0 spiro atoms. The topological polar surface area (TPSA) is 48.9 Å². The minimum Gasteiger partial charge on any atom is -0.373 e. The number of ether oxygens (including phenoxy) is 1. The molecule has 5 heteroatoms. The number of guanidine groups is 1. The molecular weight excluding hydrogens is 324 g/mol. The van der Waals surface area contributed by atoms with Crippen molar-refractivity contribution >= 4 is 5.96 Å². The fraction of sp³-hybridized carbons (Fsp3) is 0.571. The average Bonchev–Trinajstić information content (AvgIpc) is 3.12. The van der Waals surface area contributed by atoms with Gasteiger partial charge in [-0.15, -0.1) is 0 Å². The van der Waals surface area contributed by atoms with Crippen LogP contribution in [0.15, 0.2) is 41.4 Å². The SMILES string of the molecule is CN=C(NCc1ccc(CN2CC(C)OC(C)C2)cc1)NC1CC=CC1. The minimum absolute atomic E-state index is 0.316. The summed E-state index contributed by atoms with van der Waals surface area (Å²) < 4.78 is 5.81. The van der Waals surface area contributed by atoms with Gasteiger partial charge in [-0.3, -0.25) is 9.89 Å². The van der Waals surface area contributed by atoms with Crippen LogP contribution < -0.4 is 10.6 Å². The number of benzene rings is 1. The summed E-state index contributed by atoms with van der Waals surface area (Å²) in [5.74, 6) is 0.874. The molecule has 0 radical (unpaired) electrons. The predicted molar refractivity (Wildman–Crippen MR) is 107 cm³/mol. The third-order valence-corrected chi connectivity index (χ3v) is 4.96. The molecule has 3 rings (SSSR count). The molecule has 2 unspecified atom stereocenters. The summed E-state index contributed by atoms with van der Waals surface area (Å²) >= 11 is 0. The molecule has 1 aromatic rings. The van der Waals surface area contributed by atoms with Gasteiger partial charge >= 0.3 is 0 Å². The summed E-state index contributed by atoms with van der Waals surface area (Å²) in [4.78, 5) is 6.80. The third kappa shape index (κ3) is 5.58. The molecule has 1 aromatic carbocycles. The first-order chi connectivity index (χ1) is 12.6. The van der Waals surface area contributed by atoms with Crippen molar-refractivity contribution < 1.29 is 4.74 Å². The van der Waals surface area contributed by atoms with Crippen LogP contribution in [0.5, 0.6) is 0 Å². The lowest BCUT2D eigenvalue weighted by molar-refractivity contribution is -0.0704. The lowest BCUT2D eigenvalue weighted by Crippen LogP contribution is -2.44. The maximum atomic E-state index is 5.81. The highest BCUT2D eigenvalue weighted by Gasteiger charge is 2.21. The van der Waals surface area contributed by atoms with Crippen molar-refractivity contribution in [2.24, 2.45) is 4.99 Å². The molecule has 142 valence electrons. The van der Waals surface area contributed by atoms with Crippen molar-refractivity contribution in [3.8, 4) is 0 Å². The van der Waals surface area contributed by atoms with Crippen LogP contribution in [0.4, 0.5) is 0 Å². The van der Waals surface area contributed by atoms with Gasteiger partial charge in [-0.1, -0.05) is 36.4 Å². The molecule has 1 saturated heterocycles. The second-order valence-electron chi connectivity index (χ2n) is 7.48. The molecule has 26 heavy (non-hydrogen) atoms. The predicted octanol–water partition coefficient (Wildman–Crippen LogP) is 2.68. The van der Waals surface area contributed by atoms with Gasteiger partial charge in [0.15, 0.2) is 5.96 Å². The van der Waals surface area contributed by atoms with Gasteiger partial charge in [-0.05, 0) is 37.8 Å². The zero-order chi connectivity index (χ0) is 18.4. The molecule has 1 fully saturated rings. The Morgan fingerprint density at radius 2 is 1.69 bits per heavy atom. The van der Waals surface area contributed by atoms with Gasteiger partial charge in [-0.25, -0.2) is 0 Å². The molecule has 1 aliphatic heterocycles. The summed E-state index contributed by atoms with van der Waals surface area (Å²) in [7, 11) is 1.82. The Bertz CT molecular complexity index is 607. The average molecular weight is 357 g/mol. The Kier molecular flexibility index (Phi) is 6.69. The molecule has 1 aliphatic carbocycles. The number of rotatable bonds is 5. The fourth-order valence-electron chi connectivity index (χ4n) is 3.74. The van der Waals surface area contributed by atoms with E-state index >= 15 is 0 Å². The quantitative estimate of drug-likeness (QED) is 0.484. The van der Waals surface area contributed by atoms with E-state index in [0.29, 0.717) is 18.2 Å². The van der Waals surface area contributed by atoms with E-state index in [4.69, 9.17) is 4.74 Å². The van der Waals surface area contributed by atoms with E-state index in [9.17, 15) is 0 Å². The highest BCUT2D eigenvalue weighted by Crippen LogP contribution is 2.15. The Balaban J connectivity index is 1.46. The van der Waals surface area contributed by atoms with Crippen LogP contribution in [-0.4, -0.2) is 49.2 Å². The lowest BCUT2D eigenvalue weighted by Gasteiger charge is -2.35. The molecule has 5 nitrogen and oxygen atoms in total. The molecule has 2 atom stereocenters. The Labute approximate surface area is 157 Å². The molecule has 1 heterocycles. The van der Waals surface area contributed by atoms with Crippen LogP contribution in [0.3, 0.4) is 0 Å². The van der Waals surface area contributed by atoms with Gasteiger partial charge in [0, 0.05) is 39.3 Å².